The van der Waals surface area contributed by atoms with Crippen LogP contribution >= 0.6 is 0 Å². The first-order chi connectivity index (χ1) is 13.0. The van der Waals surface area contributed by atoms with E-state index >= 15 is 0 Å². The zero-order valence-electron chi connectivity index (χ0n) is 15.6. The van der Waals surface area contributed by atoms with Gasteiger partial charge in [0.25, 0.3) is 5.91 Å². The molecule has 1 aromatic rings. The first-order valence-electron chi connectivity index (χ1n) is 9.82. The summed E-state index contributed by atoms with van der Waals surface area (Å²) in [6, 6.07) is 4.41. The highest BCUT2D eigenvalue weighted by Gasteiger charge is 2.26. The third-order valence-corrected chi connectivity index (χ3v) is 5.60. The van der Waals surface area contributed by atoms with Crippen LogP contribution in [-0.2, 0) is 4.79 Å². The summed E-state index contributed by atoms with van der Waals surface area (Å²) in [6.07, 6.45) is 7.97. The van der Waals surface area contributed by atoms with Gasteiger partial charge in [0.05, 0.1) is 0 Å². The number of carboxylic acid groups (broad SMARTS) is 1. The van der Waals surface area contributed by atoms with Crippen LogP contribution < -0.4 is 0 Å². The summed E-state index contributed by atoms with van der Waals surface area (Å²) < 4.78 is 0. The van der Waals surface area contributed by atoms with Crippen molar-refractivity contribution in [3.63, 3.8) is 0 Å². The van der Waals surface area contributed by atoms with E-state index in [9.17, 15) is 14.4 Å². The monoisotopic (exact) mass is 373 g/mol. The number of hydrogen-bond acceptors (Lipinski definition) is 4. The maximum atomic E-state index is 12.6. The molecule has 2 aliphatic rings. The third kappa shape index (κ3) is 5.05. The first kappa shape index (κ1) is 19.3. The number of piperazine rings is 1. The van der Waals surface area contributed by atoms with Crippen molar-refractivity contribution in [1.29, 1.82) is 0 Å². The molecule has 2 fully saturated rings. The zero-order valence-corrected chi connectivity index (χ0v) is 15.6. The molecule has 0 spiro atoms. The quantitative estimate of drug-likeness (QED) is 0.856. The lowest BCUT2D eigenvalue weighted by Crippen LogP contribution is -2.50. The van der Waals surface area contributed by atoms with Crippen LogP contribution in [0.5, 0.6) is 0 Å². The molecule has 2 amide bonds. The van der Waals surface area contributed by atoms with Gasteiger partial charge in [0.2, 0.25) is 5.91 Å². The van der Waals surface area contributed by atoms with E-state index in [4.69, 9.17) is 5.11 Å². The molecule has 0 radical (unpaired) electrons. The van der Waals surface area contributed by atoms with Gasteiger partial charge in [-0.15, -0.1) is 0 Å². The Morgan fingerprint density at radius 1 is 0.963 bits per heavy atom. The molecule has 1 N–H and O–H groups in total. The van der Waals surface area contributed by atoms with Gasteiger partial charge in [0.15, 0.2) is 0 Å². The Kier molecular flexibility index (Phi) is 6.42. The lowest BCUT2D eigenvalue weighted by Gasteiger charge is -2.35. The van der Waals surface area contributed by atoms with Crippen molar-refractivity contribution in [2.45, 2.75) is 44.9 Å². The number of pyridine rings is 1. The second kappa shape index (κ2) is 8.97. The van der Waals surface area contributed by atoms with E-state index in [-0.39, 0.29) is 23.2 Å². The summed E-state index contributed by atoms with van der Waals surface area (Å²) in [6.45, 7) is 1.95. The highest BCUT2D eigenvalue weighted by molar-refractivity contribution is 5.94. The molecule has 0 atom stereocenters. The minimum atomic E-state index is -1.15. The Morgan fingerprint density at radius 2 is 1.59 bits per heavy atom. The Morgan fingerprint density at radius 3 is 2.26 bits per heavy atom. The standard InChI is InChI=1S/C20H27N3O4/c24-18(10-9-15-5-2-1-3-6-15)22-11-13-23(14-12-22)19(25)16-7-4-8-17(21-16)20(26)27/h4,7-8,15H,1-3,5-6,9-14H2,(H,26,27). The fourth-order valence-electron chi connectivity index (χ4n) is 3.96. The Hall–Kier alpha value is -2.44. The Labute approximate surface area is 159 Å². The highest BCUT2D eigenvalue weighted by atomic mass is 16.4. The SMILES string of the molecule is O=C(O)c1cccc(C(=O)N2CCN(C(=O)CCC3CCCCC3)CC2)n1. The maximum Gasteiger partial charge on any atom is 0.354 e. The molecule has 1 aliphatic carbocycles. The fourth-order valence-corrected chi connectivity index (χ4v) is 3.96. The Balaban J connectivity index is 1.47. The number of hydrogen-bond donors (Lipinski definition) is 1. The summed E-state index contributed by atoms with van der Waals surface area (Å²) in [4.78, 5) is 43.4. The van der Waals surface area contributed by atoms with E-state index in [1.54, 1.807) is 4.90 Å². The van der Waals surface area contributed by atoms with E-state index in [0.717, 1.165) is 6.42 Å². The van der Waals surface area contributed by atoms with Gasteiger partial charge in [-0.2, -0.15) is 0 Å². The Bertz CT molecular complexity index is 692. The minimum absolute atomic E-state index is 0.131. The van der Waals surface area contributed by atoms with Crippen LogP contribution in [-0.4, -0.2) is 63.9 Å². The van der Waals surface area contributed by atoms with Gasteiger partial charge in [-0.1, -0.05) is 38.2 Å². The molecule has 7 heteroatoms. The number of carboxylic acids is 1. The van der Waals surface area contributed by atoms with Crippen molar-refractivity contribution in [2.75, 3.05) is 26.2 Å². The van der Waals surface area contributed by atoms with Crippen molar-refractivity contribution in [2.24, 2.45) is 5.92 Å². The molecule has 0 unspecified atom stereocenters. The normalized spacial score (nSPS) is 18.4. The van der Waals surface area contributed by atoms with E-state index in [0.29, 0.717) is 38.5 Å². The molecule has 1 saturated carbocycles. The van der Waals surface area contributed by atoms with Crippen LogP contribution in [0.3, 0.4) is 0 Å². The molecule has 1 aliphatic heterocycles. The number of amides is 2. The van der Waals surface area contributed by atoms with E-state index < -0.39 is 5.97 Å². The van der Waals surface area contributed by atoms with E-state index in [1.807, 2.05) is 4.90 Å². The van der Waals surface area contributed by atoms with Crippen LogP contribution in [0, 0.1) is 5.92 Å². The van der Waals surface area contributed by atoms with Crippen molar-refractivity contribution < 1.29 is 19.5 Å². The second-order valence-corrected chi connectivity index (χ2v) is 7.43. The van der Waals surface area contributed by atoms with Gasteiger partial charge >= 0.3 is 5.97 Å². The molecular formula is C20H27N3O4. The minimum Gasteiger partial charge on any atom is -0.477 e. The predicted octanol–water partition coefficient (Wildman–Crippen LogP) is 2.42. The zero-order chi connectivity index (χ0) is 19.2. The maximum absolute atomic E-state index is 12.6. The van der Waals surface area contributed by atoms with Crippen LogP contribution in [0.15, 0.2) is 18.2 Å². The van der Waals surface area contributed by atoms with Crippen LogP contribution in [0.2, 0.25) is 0 Å². The molecule has 1 aromatic heterocycles. The number of rotatable bonds is 5. The highest BCUT2D eigenvalue weighted by Crippen LogP contribution is 2.27. The van der Waals surface area contributed by atoms with Crippen LogP contribution in [0.25, 0.3) is 0 Å². The van der Waals surface area contributed by atoms with Crippen molar-refractivity contribution in [3.05, 3.63) is 29.6 Å². The third-order valence-electron chi connectivity index (χ3n) is 5.60. The molecular weight excluding hydrogens is 346 g/mol. The molecule has 1 saturated heterocycles. The lowest BCUT2D eigenvalue weighted by molar-refractivity contribution is -0.133. The van der Waals surface area contributed by atoms with Gasteiger partial charge in [0.1, 0.15) is 11.4 Å². The lowest BCUT2D eigenvalue weighted by atomic mass is 9.86. The average molecular weight is 373 g/mol. The van der Waals surface area contributed by atoms with Crippen molar-refractivity contribution >= 4 is 17.8 Å². The molecule has 0 bridgehead atoms. The van der Waals surface area contributed by atoms with Gasteiger partial charge in [-0.3, -0.25) is 9.59 Å². The second-order valence-electron chi connectivity index (χ2n) is 7.43. The largest absolute Gasteiger partial charge is 0.477 e. The van der Waals surface area contributed by atoms with Gasteiger partial charge in [-0.05, 0) is 24.5 Å². The number of aromatic nitrogens is 1. The number of carbonyl (C=O) groups excluding carboxylic acids is 2. The van der Waals surface area contributed by atoms with Gasteiger partial charge in [-0.25, -0.2) is 9.78 Å². The van der Waals surface area contributed by atoms with Crippen LogP contribution in [0.4, 0.5) is 0 Å². The summed E-state index contributed by atoms with van der Waals surface area (Å²) >= 11 is 0. The summed E-state index contributed by atoms with van der Waals surface area (Å²) in [7, 11) is 0. The van der Waals surface area contributed by atoms with Gasteiger partial charge in [0, 0.05) is 32.6 Å². The van der Waals surface area contributed by atoms with Gasteiger partial charge < -0.3 is 14.9 Å². The number of carbonyl (C=O) groups is 3. The molecule has 3 rings (SSSR count). The predicted molar refractivity (Wildman–Crippen MR) is 99.5 cm³/mol. The molecule has 0 aromatic carbocycles. The smallest absolute Gasteiger partial charge is 0.354 e. The van der Waals surface area contributed by atoms with Crippen molar-refractivity contribution in [3.8, 4) is 0 Å². The summed E-state index contributed by atoms with van der Waals surface area (Å²) in [5.74, 6) is -0.567. The van der Waals surface area contributed by atoms with Crippen LogP contribution in [0.1, 0.15) is 65.9 Å². The number of nitrogens with zero attached hydrogens (tertiary/aromatic N) is 3. The number of aromatic carboxylic acids is 1. The van der Waals surface area contributed by atoms with Crippen molar-refractivity contribution in [1.82, 2.24) is 14.8 Å². The molecule has 7 nitrogen and oxygen atoms in total. The molecule has 2 heterocycles. The topological polar surface area (TPSA) is 90.8 Å². The molecule has 146 valence electrons. The van der Waals surface area contributed by atoms with E-state index in [1.165, 1.54) is 50.3 Å². The summed E-state index contributed by atoms with van der Waals surface area (Å²) in [5, 5.41) is 9.01. The fraction of sp³-hybridized carbons (Fsp3) is 0.600. The van der Waals surface area contributed by atoms with E-state index in [2.05, 4.69) is 4.98 Å². The average Bonchev–Trinajstić information content (AvgIpc) is 2.72. The molecule has 27 heavy (non-hydrogen) atoms. The summed E-state index contributed by atoms with van der Waals surface area (Å²) in [5.41, 5.74) is -0.00986. The first-order valence-corrected chi connectivity index (χ1v) is 9.82.